The summed E-state index contributed by atoms with van der Waals surface area (Å²) in [6.07, 6.45) is -5.15. The van der Waals surface area contributed by atoms with Gasteiger partial charge in [-0.05, 0) is 61.2 Å². The Hall–Kier alpha value is -4.96. The Kier molecular flexibility index (Phi) is 12.7. The van der Waals surface area contributed by atoms with E-state index in [1.807, 2.05) is 0 Å². The SMILES string of the molecule is COc1ccc(/C=C(\O[C@@H]2O[C@H](CNC(=O)CCCCCNC(=O)Cc3c(C)c4ccc(N)cc4oc3=O)[C@H](O)[C@H](O)[C@H]2O)C(=O)O)cc1. The van der Waals surface area contributed by atoms with Gasteiger partial charge in [-0.25, -0.2) is 9.59 Å². The number of hydrogen-bond acceptors (Lipinski definition) is 12. The lowest BCUT2D eigenvalue weighted by atomic mass is 9.98. The molecule has 1 fully saturated rings. The number of anilines is 1. The number of benzene rings is 2. The molecule has 4 rings (SSSR count). The van der Waals surface area contributed by atoms with Crippen LogP contribution in [-0.4, -0.2) is 89.1 Å². The highest BCUT2D eigenvalue weighted by Gasteiger charge is 2.45. The number of nitrogen functional groups attached to an aromatic ring is 1. The third-order valence-corrected chi connectivity index (χ3v) is 8.09. The zero-order valence-corrected chi connectivity index (χ0v) is 27.1. The highest BCUT2D eigenvalue weighted by Crippen LogP contribution is 2.25. The molecule has 0 saturated carbocycles. The summed E-state index contributed by atoms with van der Waals surface area (Å²) in [5.74, 6) is -2.20. The van der Waals surface area contributed by atoms with Crippen LogP contribution in [0.4, 0.5) is 5.69 Å². The molecule has 49 heavy (non-hydrogen) atoms. The lowest BCUT2D eigenvalue weighted by Crippen LogP contribution is -2.60. The molecular weight excluding hydrogens is 642 g/mol. The highest BCUT2D eigenvalue weighted by molar-refractivity contribution is 5.90. The maximum absolute atomic E-state index is 12.5. The molecule has 3 aromatic rings. The van der Waals surface area contributed by atoms with Crippen molar-refractivity contribution in [3.8, 4) is 5.75 Å². The second kappa shape index (κ2) is 16.9. The molecule has 5 atom stereocenters. The van der Waals surface area contributed by atoms with Gasteiger partial charge in [0.2, 0.25) is 23.9 Å². The van der Waals surface area contributed by atoms with Gasteiger partial charge in [0.15, 0.2) is 0 Å². The number of carboxylic acids is 1. The Bertz CT molecular complexity index is 1720. The van der Waals surface area contributed by atoms with Gasteiger partial charge in [-0.15, -0.1) is 0 Å². The molecule has 15 nitrogen and oxygen atoms in total. The van der Waals surface area contributed by atoms with E-state index in [-0.39, 0.29) is 36.8 Å². The number of unbranched alkanes of at least 4 members (excludes halogenated alkanes) is 2. The summed E-state index contributed by atoms with van der Waals surface area (Å²) < 4.78 is 21.4. The number of aryl methyl sites for hydroxylation is 1. The van der Waals surface area contributed by atoms with Crippen LogP contribution in [0.2, 0.25) is 0 Å². The van der Waals surface area contributed by atoms with Crippen LogP contribution in [0.5, 0.6) is 5.75 Å². The Labute approximate surface area is 281 Å². The van der Waals surface area contributed by atoms with Gasteiger partial charge < -0.3 is 55.4 Å². The van der Waals surface area contributed by atoms with Gasteiger partial charge in [0, 0.05) is 36.7 Å². The summed E-state index contributed by atoms with van der Waals surface area (Å²) in [5.41, 5.74) is 7.35. The van der Waals surface area contributed by atoms with E-state index in [4.69, 9.17) is 24.4 Å². The number of methoxy groups -OCH3 is 1. The third-order valence-electron chi connectivity index (χ3n) is 8.09. The Balaban J connectivity index is 1.19. The zero-order chi connectivity index (χ0) is 35.7. The Morgan fingerprint density at radius 1 is 0.959 bits per heavy atom. The number of carbonyl (C=O) groups is 3. The number of fused-ring (bicyclic) bond motifs is 1. The molecule has 0 spiro atoms. The van der Waals surface area contributed by atoms with Gasteiger partial charge in [0.1, 0.15) is 35.7 Å². The van der Waals surface area contributed by atoms with Crippen LogP contribution in [-0.2, 0) is 30.3 Å². The number of nitrogens with one attached hydrogen (secondary N) is 2. The first-order valence-corrected chi connectivity index (χ1v) is 15.7. The van der Waals surface area contributed by atoms with Crippen molar-refractivity contribution < 1.29 is 53.4 Å². The number of amides is 2. The van der Waals surface area contributed by atoms with Crippen LogP contribution in [0, 0.1) is 6.92 Å². The topological polar surface area (TPSA) is 240 Å². The zero-order valence-electron chi connectivity index (χ0n) is 27.1. The molecule has 8 N–H and O–H groups in total. The minimum absolute atomic E-state index is 0.122. The standard InChI is InChI=1S/C34H41N3O12/c1-18-22-12-9-20(35)15-24(22)47-33(45)23(18)16-28(39)36-13-5-3-4-6-27(38)37-17-26-29(40)30(41)31(42)34(49-26)48-25(32(43)44)14-19-7-10-21(46-2)11-8-19/h7-12,14-15,26,29-31,34,40-42H,3-6,13,16-17,35H2,1-2H3,(H,36,39)(H,37,38)(H,43,44)/b25-14-/t26-,29+,30+,31-,34-/m1/s1. The summed E-state index contributed by atoms with van der Waals surface area (Å²) in [4.78, 5) is 49.2. The van der Waals surface area contributed by atoms with Crippen LogP contribution < -0.4 is 26.7 Å². The molecule has 1 aliphatic rings. The monoisotopic (exact) mass is 683 g/mol. The van der Waals surface area contributed by atoms with E-state index >= 15 is 0 Å². The van der Waals surface area contributed by atoms with Crippen molar-refractivity contribution in [1.82, 2.24) is 10.6 Å². The fourth-order valence-corrected chi connectivity index (χ4v) is 5.26. The van der Waals surface area contributed by atoms with Crippen LogP contribution in [0.15, 0.2) is 57.4 Å². The van der Waals surface area contributed by atoms with E-state index in [9.17, 15) is 39.6 Å². The molecule has 1 aliphatic heterocycles. The smallest absolute Gasteiger partial charge is 0.371 e. The number of hydrogen-bond donors (Lipinski definition) is 7. The van der Waals surface area contributed by atoms with Crippen LogP contribution >= 0.6 is 0 Å². The molecule has 0 radical (unpaired) electrons. The van der Waals surface area contributed by atoms with E-state index in [0.717, 1.165) is 0 Å². The fraction of sp³-hybridized carbons (Fsp3) is 0.412. The largest absolute Gasteiger partial charge is 0.497 e. The number of carbonyl (C=O) groups excluding carboxylic acids is 2. The van der Waals surface area contributed by atoms with Crippen LogP contribution in [0.25, 0.3) is 17.0 Å². The molecule has 2 heterocycles. The van der Waals surface area contributed by atoms with Crippen molar-refractivity contribution in [2.75, 3.05) is 25.9 Å². The average molecular weight is 684 g/mol. The van der Waals surface area contributed by atoms with Gasteiger partial charge in [0.05, 0.1) is 19.1 Å². The molecule has 0 bridgehead atoms. The number of rotatable bonds is 15. The maximum Gasteiger partial charge on any atom is 0.371 e. The molecule has 264 valence electrons. The maximum atomic E-state index is 12.5. The minimum atomic E-state index is -1.78. The molecule has 1 aromatic heterocycles. The first-order valence-electron chi connectivity index (χ1n) is 15.7. The van der Waals surface area contributed by atoms with Crippen molar-refractivity contribution in [3.63, 3.8) is 0 Å². The summed E-state index contributed by atoms with van der Waals surface area (Å²) in [5, 5.41) is 46.9. The minimum Gasteiger partial charge on any atom is -0.497 e. The number of ether oxygens (including phenoxy) is 3. The summed E-state index contributed by atoms with van der Waals surface area (Å²) >= 11 is 0. The lowest BCUT2D eigenvalue weighted by Gasteiger charge is -2.40. The van der Waals surface area contributed by atoms with Gasteiger partial charge in [0.25, 0.3) is 0 Å². The van der Waals surface area contributed by atoms with Crippen LogP contribution in [0.1, 0.15) is 42.4 Å². The second-order valence-electron chi connectivity index (χ2n) is 11.6. The number of aliphatic hydroxyl groups is 3. The molecular formula is C34H41N3O12. The van der Waals surface area contributed by atoms with Gasteiger partial charge in [-0.1, -0.05) is 18.6 Å². The summed E-state index contributed by atoms with van der Waals surface area (Å²) in [7, 11) is 1.49. The summed E-state index contributed by atoms with van der Waals surface area (Å²) in [6, 6.07) is 11.4. The molecule has 2 aromatic carbocycles. The predicted octanol–water partition coefficient (Wildman–Crippen LogP) is 0.977. The van der Waals surface area contributed by atoms with Gasteiger partial charge >= 0.3 is 11.6 Å². The molecule has 0 unspecified atom stereocenters. The fourth-order valence-electron chi connectivity index (χ4n) is 5.26. The van der Waals surface area contributed by atoms with Crippen molar-refractivity contribution >= 4 is 40.5 Å². The normalized spacial score (nSPS) is 20.8. The summed E-state index contributed by atoms with van der Waals surface area (Å²) in [6.45, 7) is 1.84. The van der Waals surface area contributed by atoms with Gasteiger partial charge in [-0.3, -0.25) is 9.59 Å². The van der Waals surface area contributed by atoms with E-state index < -0.39 is 48.1 Å². The number of nitrogens with two attached hydrogens (primary N) is 1. The number of aliphatic hydroxyl groups excluding tert-OH is 3. The van der Waals surface area contributed by atoms with Crippen molar-refractivity contribution in [1.29, 1.82) is 0 Å². The molecule has 2 amide bonds. The Morgan fingerprint density at radius 3 is 2.39 bits per heavy atom. The quantitative estimate of drug-likeness (QED) is 0.0389. The first-order chi connectivity index (χ1) is 23.4. The van der Waals surface area contributed by atoms with Crippen molar-refractivity contribution in [2.45, 2.75) is 69.7 Å². The van der Waals surface area contributed by atoms with Crippen molar-refractivity contribution in [3.05, 3.63) is 75.3 Å². The van der Waals surface area contributed by atoms with E-state index in [1.165, 1.54) is 13.2 Å². The predicted molar refractivity (Wildman–Crippen MR) is 176 cm³/mol. The van der Waals surface area contributed by atoms with E-state index in [1.54, 1.807) is 49.4 Å². The average Bonchev–Trinajstić information content (AvgIpc) is 3.07. The van der Waals surface area contributed by atoms with Crippen LogP contribution in [0.3, 0.4) is 0 Å². The highest BCUT2D eigenvalue weighted by atomic mass is 16.7. The lowest BCUT2D eigenvalue weighted by molar-refractivity contribution is -0.285. The van der Waals surface area contributed by atoms with Gasteiger partial charge in [-0.2, -0.15) is 0 Å². The van der Waals surface area contributed by atoms with E-state index in [0.29, 0.717) is 59.3 Å². The molecule has 15 heteroatoms. The Morgan fingerprint density at radius 2 is 1.69 bits per heavy atom. The number of aliphatic carboxylic acids is 1. The van der Waals surface area contributed by atoms with Crippen molar-refractivity contribution in [2.24, 2.45) is 0 Å². The number of carboxylic acid groups (broad SMARTS) is 1. The first kappa shape index (κ1) is 36.9. The van der Waals surface area contributed by atoms with E-state index in [2.05, 4.69) is 10.6 Å². The molecule has 1 saturated heterocycles. The second-order valence-corrected chi connectivity index (χ2v) is 11.6. The molecule has 0 aliphatic carbocycles. The third kappa shape index (κ3) is 9.79.